The summed E-state index contributed by atoms with van der Waals surface area (Å²) in [5, 5.41) is 9.42. The van der Waals surface area contributed by atoms with Crippen LogP contribution in [0.2, 0.25) is 0 Å². The van der Waals surface area contributed by atoms with E-state index in [1.807, 2.05) is 26.0 Å². The van der Waals surface area contributed by atoms with Crippen LogP contribution < -0.4 is 0 Å². The van der Waals surface area contributed by atoms with Gasteiger partial charge in [-0.3, -0.25) is 4.79 Å². The molecule has 0 unspecified atom stereocenters. The third-order valence-electron chi connectivity index (χ3n) is 3.85. The van der Waals surface area contributed by atoms with Crippen molar-refractivity contribution in [1.29, 1.82) is 0 Å². The topological polar surface area (TPSA) is 37.3 Å². The first kappa shape index (κ1) is 12.2. The second-order valence-corrected chi connectivity index (χ2v) is 5.31. The zero-order chi connectivity index (χ0) is 12.4. The summed E-state index contributed by atoms with van der Waals surface area (Å²) in [4.78, 5) is 11.5. The zero-order valence-corrected chi connectivity index (χ0v) is 10.5. The van der Waals surface area contributed by atoms with Gasteiger partial charge in [-0.05, 0) is 42.2 Å². The normalized spacial score (nSPS) is 21.0. The zero-order valence-electron chi connectivity index (χ0n) is 10.5. The third-order valence-corrected chi connectivity index (χ3v) is 3.85. The Morgan fingerprint density at radius 1 is 1.35 bits per heavy atom. The van der Waals surface area contributed by atoms with Crippen LogP contribution >= 0.6 is 0 Å². The van der Waals surface area contributed by atoms with Crippen LogP contribution in [0.3, 0.4) is 0 Å². The van der Waals surface area contributed by atoms with Gasteiger partial charge in [-0.1, -0.05) is 38.1 Å². The molecule has 2 atom stereocenters. The van der Waals surface area contributed by atoms with Crippen LogP contribution in [0.4, 0.5) is 0 Å². The lowest BCUT2D eigenvalue weighted by atomic mass is 9.72. The Kier molecular flexibility index (Phi) is 3.51. The maximum atomic E-state index is 11.5. The fourth-order valence-corrected chi connectivity index (χ4v) is 3.09. The Morgan fingerprint density at radius 2 is 2.06 bits per heavy atom. The first-order valence-electron chi connectivity index (χ1n) is 6.42. The van der Waals surface area contributed by atoms with E-state index in [9.17, 15) is 9.90 Å². The molecule has 0 bridgehead atoms. The minimum Gasteiger partial charge on any atom is -0.481 e. The minimum absolute atomic E-state index is 0.184. The number of carboxylic acids is 1. The third kappa shape index (κ3) is 2.36. The highest BCUT2D eigenvalue weighted by molar-refractivity contribution is 5.72. The van der Waals surface area contributed by atoms with Gasteiger partial charge in [0.05, 0.1) is 5.92 Å². The summed E-state index contributed by atoms with van der Waals surface area (Å²) in [6.07, 6.45) is 3.21. The van der Waals surface area contributed by atoms with Crippen molar-refractivity contribution in [3.8, 4) is 0 Å². The van der Waals surface area contributed by atoms with E-state index in [1.54, 1.807) is 0 Å². The Balaban J connectivity index is 2.37. The molecule has 0 radical (unpaired) electrons. The van der Waals surface area contributed by atoms with E-state index >= 15 is 0 Å². The van der Waals surface area contributed by atoms with Crippen molar-refractivity contribution in [2.45, 2.75) is 39.0 Å². The van der Waals surface area contributed by atoms with Gasteiger partial charge in [-0.25, -0.2) is 0 Å². The fraction of sp³-hybridized carbons (Fsp3) is 0.533. The summed E-state index contributed by atoms with van der Waals surface area (Å²) >= 11 is 0. The molecule has 1 N–H and O–H groups in total. The standard InChI is InChI=1S/C15H20O2/c1-10(2)14(15(16)17)13-9-5-7-11-6-3-4-8-12(11)13/h3-4,6,8,10,13-14H,5,7,9H2,1-2H3,(H,16,17)/t13-,14-/m0/s1. The Labute approximate surface area is 103 Å². The molecule has 2 heteroatoms. The monoisotopic (exact) mass is 232 g/mol. The van der Waals surface area contributed by atoms with E-state index < -0.39 is 5.97 Å². The first-order chi connectivity index (χ1) is 8.11. The number of rotatable bonds is 3. The second-order valence-electron chi connectivity index (χ2n) is 5.31. The number of fused-ring (bicyclic) bond motifs is 1. The summed E-state index contributed by atoms with van der Waals surface area (Å²) < 4.78 is 0. The molecule has 2 rings (SSSR count). The molecule has 0 aliphatic heterocycles. The predicted molar refractivity (Wildman–Crippen MR) is 68.1 cm³/mol. The highest BCUT2D eigenvalue weighted by Crippen LogP contribution is 2.39. The van der Waals surface area contributed by atoms with Crippen LogP contribution in [0.1, 0.15) is 43.7 Å². The van der Waals surface area contributed by atoms with Crippen LogP contribution in [-0.2, 0) is 11.2 Å². The van der Waals surface area contributed by atoms with E-state index in [1.165, 1.54) is 11.1 Å². The number of hydrogen-bond acceptors (Lipinski definition) is 1. The highest BCUT2D eigenvalue weighted by Gasteiger charge is 2.34. The molecule has 0 spiro atoms. The number of aryl methyl sites for hydroxylation is 1. The average molecular weight is 232 g/mol. The van der Waals surface area contributed by atoms with Crippen LogP contribution in [-0.4, -0.2) is 11.1 Å². The lowest BCUT2D eigenvalue weighted by molar-refractivity contribution is -0.144. The summed E-state index contributed by atoms with van der Waals surface area (Å²) in [5.74, 6) is -0.528. The van der Waals surface area contributed by atoms with Crippen molar-refractivity contribution in [2.75, 3.05) is 0 Å². The molecule has 0 aromatic heterocycles. The largest absolute Gasteiger partial charge is 0.481 e. The predicted octanol–water partition coefficient (Wildman–Crippen LogP) is 3.46. The summed E-state index contributed by atoms with van der Waals surface area (Å²) in [6, 6.07) is 8.32. The molecule has 0 amide bonds. The van der Waals surface area contributed by atoms with Gasteiger partial charge < -0.3 is 5.11 Å². The number of hydrogen-bond donors (Lipinski definition) is 1. The fourth-order valence-electron chi connectivity index (χ4n) is 3.09. The van der Waals surface area contributed by atoms with Gasteiger partial charge in [0.1, 0.15) is 0 Å². The molecule has 1 aliphatic carbocycles. The van der Waals surface area contributed by atoms with Gasteiger partial charge in [0.25, 0.3) is 0 Å². The second kappa shape index (κ2) is 4.91. The molecule has 0 fully saturated rings. The highest BCUT2D eigenvalue weighted by atomic mass is 16.4. The number of carbonyl (C=O) groups is 1. The molecule has 92 valence electrons. The molecule has 2 nitrogen and oxygen atoms in total. The smallest absolute Gasteiger partial charge is 0.307 e. The molecule has 1 aromatic rings. The Bertz CT molecular complexity index is 409. The first-order valence-corrected chi connectivity index (χ1v) is 6.42. The molecule has 0 saturated carbocycles. The lowest BCUT2D eigenvalue weighted by Crippen LogP contribution is -2.29. The van der Waals surface area contributed by atoms with Gasteiger partial charge in [-0.2, -0.15) is 0 Å². The molecule has 17 heavy (non-hydrogen) atoms. The number of carboxylic acid groups (broad SMARTS) is 1. The van der Waals surface area contributed by atoms with Gasteiger partial charge in [0.2, 0.25) is 0 Å². The lowest BCUT2D eigenvalue weighted by Gasteiger charge is -2.32. The van der Waals surface area contributed by atoms with Crippen LogP contribution in [0, 0.1) is 11.8 Å². The average Bonchev–Trinajstić information content (AvgIpc) is 2.28. The van der Waals surface area contributed by atoms with Crippen molar-refractivity contribution in [1.82, 2.24) is 0 Å². The van der Waals surface area contributed by atoms with Crippen molar-refractivity contribution in [3.63, 3.8) is 0 Å². The summed E-state index contributed by atoms with van der Waals surface area (Å²) in [7, 11) is 0. The molecular weight excluding hydrogens is 212 g/mol. The van der Waals surface area contributed by atoms with Crippen LogP contribution in [0.15, 0.2) is 24.3 Å². The van der Waals surface area contributed by atoms with Gasteiger partial charge >= 0.3 is 5.97 Å². The Morgan fingerprint density at radius 3 is 2.71 bits per heavy atom. The van der Waals surface area contributed by atoms with Crippen molar-refractivity contribution in [3.05, 3.63) is 35.4 Å². The summed E-state index contributed by atoms with van der Waals surface area (Å²) in [5.41, 5.74) is 2.61. The van der Waals surface area contributed by atoms with Crippen LogP contribution in [0.25, 0.3) is 0 Å². The van der Waals surface area contributed by atoms with Gasteiger partial charge in [0.15, 0.2) is 0 Å². The molecule has 1 aliphatic rings. The van der Waals surface area contributed by atoms with E-state index in [0.29, 0.717) is 0 Å². The molecular formula is C15H20O2. The van der Waals surface area contributed by atoms with Crippen molar-refractivity contribution < 1.29 is 9.90 Å². The molecule has 0 heterocycles. The van der Waals surface area contributed by atoms with Gasteiger partial charge in [0, 0.05) is 0 Å². The Hall–Kier alpha value is -1.31. The molecule has 1 aromatic carbocycles. The van der Waals surface area contributed by atoms with E-state index in [0.717, 1.165) is 19.3 Å². The van der Waals surface area contributed by atoms with E-state index in [-0.39, 0.29) is 17.8 Å². The van der Waals surface area contributed by atoms with Gasteiger partial charge in [-0.15, -0.1) is 0 Å². The number of aliphatic carboxylic acids is 1. The minimum atomic E-state index is -0.651. The van der Waals surface area contributed by atoms with Crippen molar-refractivity contribution in [2.24, 2.45) is 11.8 Å². The maximum Gasteiger partial charge on any atom is 0.307 e. The quantitative estimate of drug-likeness (QED) is 0.866. The van der Waals surface area contributed by atoms with Crippen molar-refractivity contribution >= 4 is 5.97 Å². The summed E-state index contributed by atoms with van der Waals surface area (Å²) in [6.45, 7) is 4.02. The SMILES string of the molecule is CC(C)[C@H](C(=O)O)[C@H]1CCCc2ccccc21. The van der Waals surface area contributed by atoms with E-state index in [2.05, 4.69) is 12.1 Å². The van der Waals surface area contributed by atoms with E-state index in [4.69, 9.17) is 0 Å². The molecule has 0 saturated heterocycles. The maximum absolute atomic E-state index is 11.5. The number of benzene rings is 1. The van der Waals surface area contributed by atoms with Crippen LogP contribution in [0.5, 0.6) is 0 Å².